The van der Waals surface area contributed by atoms with Crippen LogP contribution in [0, 0.1) is 13.8 Å². The highest BCUT2D eigenvalue weighted by Crippen LogP contribution is 2.31. The van der Waals surface area contributed by atoms with Gasteiger partial charge in [-0.2, -0.15) is 0 Å². The van der Waals surface area contributed by atoms with Crippen LogP contribution in [0.5, 0.6) is 5.75 Å². The Morgan fingerprint density at radius 2 is 1.95 bits per heavy atom. The lowest BCUT2D eigenvalue weighted by atomic mass is 9.94. The third-order valence-electron chi connectivity index (χ3n) is 3.78. The first-order valence-electron chi connectivity index (χ1n) is 7.21. The fraction of sp³-hybridized carbons (Fsp3) is 0.333. The highest BCUT2D eigenvalue weighted by molar-refractivity contribution is 9.10. The van der Waals surface area contributed by atoms with Crippen LogP contribution in [0.4, 0.5) is 0 Å². The molecule has 0 bridgehead atoms. The number of ether oxygens (including phenoxy) is 1. The van der Waals surface area contributed by atoms with Crippen LogP contribution in [-0.4, -0.2) is 13.7 Å². The van der Waals surface area contributed by atoms with Gasteiger partial charge in [0, 0.05) is 4.47 Å². The molecule has 0 aliphatic rings. The zero-order valence-electron chi connectivity index (χ0n) is 13.0. The molecule has 2 aromatic carbocycles. The van der Waals surface area contributed by atoms with Crippen LogP contribution in [-0.2, 0) is 0 Å². The average Bonchev–Trinajstić information content (AvgIpc) is 2.48. The Labute approximate surface area is 135 Å². The van der Waals surface area contributed by atoms with E-state index in [-0.39, 0.29) is 6.04 Å². The van der Waals surface area contributed by atoms with Crippen molar-refractivity contribution in [2.75, 3.05) is 13.7 Å². The minimum absolute atomic E-state index is 0.192. The molecule has 0 aliphatic carbocycles. The summed E-state index contributed by atoms with van der Waals surface area (Å²) in [5.41, 5.74) is 5.00. The Balaban J connectivity index is 2.48. The summed E-state index contributed by atoms with van der Waals surface area (Å²) in [7, 11) is 1.71. The predicted octanol–water partition coefficient (Wildman–Crippen LogP) is 4.77. The zero-order valence-corrected chi connectivity index (χ0v) is 14.6. The molecule has 1 N–H and O–H groups in total. The molecule has 1 atom stereocenters. The summed E-state index contributed by atoms with van der Waals surface area (Å²) in [6, 6.07) is 12.9. The summed E-state index contributed by atoms with van der Waals surface area (Å²) in [5.74, 6) is 0.931. The maximum atomic E-state index is 5.36. The number of benzene rings is 2. The van der Waals surface area contributed by atoms with Gasteiger partial charge in [-0.1, -0.05) is 47.1 Å². The molecule has 0 saturated heterocycles. The molecule has 2 nitrogen and oxygen atoms in total. The maximum absolute atomic E-state index is 5.36. The van der Waals surface area contributed by atoms with Gasteiger partial charge in [-0.25, -0.2) is 0 Å². The SMILES string of the molecule is CCNC(c1ccc(OC)c(C)c1)c1cccc(Br)c1C. The number of aryl methyl sites for hydroxylation is 1. The molecule has 112 valence electrons. The number of halogens is 1. The van der Waals surface area contributed by atoms with E-state index < -0.39 is 0 Å². The van der Waals surface area contributed by atoms with Gasteiger partial charge < -0.3 is 10.1 Å². The highest BCUT2D eigenvalue weighted by Gasteiger charge is 2.17. The van der Waals surface area contributed by atoms with Crippen molar-refractivity contribution in [1.29, 1.82) is 0 Å². The second-order valence-electron chi connectivity index (χ2n) is 5.17. The first kappa shape index (κ1) is 16.1. The Kier molecular flexibility index (Phi) is 5.43. The molecule has 2 aromatic rings. The van der Waals surface area contributed by atoms with Gasteiger partial charge in [0.05, 0.1) is 13.2 Å². The topological polar surface area (TPSA) is 21.3 Å². The molecule has 2 rings (SSSR count). The Hall–Kier alpha value is -1.32. The number of hydrogen-bond acceptors (Lipinski definition) is 2. The molecule has 0 amide bonds. The normalized spacial score (nSPS) is 12.2. The van der Waals surface area contributed by atoms with Gasteiger partial charge in [0.15, 0.2) is 0 Å². The Morgan fingerprint density at radius 3 is 2.57 bits per heavy atom. The lowest BCUT2D eigenvalue weighted by molar-refractivity contribution is 0.411. The largest absolute Gasteiger partial charge is 0.496 e. The standard InChI is InChI=1S/C18H22BrNO/c1-5-20-18(15-7-6-8-16(19)13(15)3)14-9-10-17(21-4)12(2)11-14/h6-11,18,20H,5H2,1-4H3. The Morgan fingerprint density at radius 1 is 1.19 bits per heavy atom. The van der Waals surface area contributed by atoms with E-state index in [1.807, 2.05) is 6.07 Å². The predicted molar refractivity (Wildman–Crippen MR) is 92.1 cm³/mol. The average molecular weight is 348 g/mol. The quantitative estimate of drug-likeness (QED) is 0.840. The summed E-state index contributed by atoms with van der Waals surface area (Å²) in [6.07, 6.45) is 0. The van der Waals surface area contributed by atoms with Gasteiger partial charge in [-0.15, -0.1) is 0 Å². The van der Waals surface area contributed by atoms with Gasteiger partial charge in [-0.05, 0) is 54.8 Å². The van der Waals surface area contributed by atoms with Gasteiger partial charge in [-0.3, -0.25) is 0 Å². The van der Waals surface area contributed by atoms with E-state index in [0.29, 0.717) is 0 Å². The van der Waals surface area contributed by atoms with Gasteiger partial charge in [0.2, 0.25) is 0 Å². The molecular weight excluding hydrogens is 326 g/mol. The number of hydrogen-bond donors (Lipinski definition) is 1. The van der Waals surface area contributed by atoms with Crippen molar-refractivity contribution in [3.8, 4) is 5.75 Å². The van der Waals surface area contributed by atoms with Gasteiger partial charge in [0.25, 0.3) is 0 Å². The van der Waals surface area contributed by atoms with E-state index in [9.17, 15) is 0 Å². The van der Waals surface area contributed by atoms with Crippen LogP contribution < -0.4 is 10.1 Å². The van der Waals surface area contributed by atoms with E-state index >= 15 is 0 Å². The molecule has 0 aromatic heterocycles. The first-order chi connectivity index (χ1) is 10.1. The fourth-order valence-electron chi connectivity index (χ4n) is 2.63. The number of rotatable bonds is 5. The Bertz CT molecular complexity index is 625. The smallest absolute Gasteiger partial charge is 0.121 e. The molecule has 0 saturated carbocycles. The monoisotopic (exact) mass is 347 g/mol. The molecule has 0 aliphatic heterocycles. The van der Waals surface area contributed by atoms with E-state index in [4.69, 9.17) is 4.74 Å². The lowest BCUT2D eigenvalue weighted by Crippen LogP contribution is -2.23. The van der Waals surface area contributed by atoms with Crippen molar-refractivity contribution in [2.24, 2.45) is 0 Å². The number of methoxy groups -OCH3 is 1. The molecule has 0 heterocycles. The van der Waals surface area contributed by atoms with Crippen LogP contribution in [0.2, 0.25) is 0 Å². The molecule has 21 heavy (non-hydrogen) atoms. The highest BCUT2D eigenvalue weighted by atomic mass is 79.9. The van der Waals surface area contributed by atoms with Crippen molar-refractivity contribution in [2.45, 2.75) is 26.8 Å². The summed E-state index contributed by atoms with van der Waals surface area (Å²) in [6.45, 7) is 7.29. The minimum atomic E-state index is 0.192. The van der Waals surface area contributed by atoms with Crippen molar-refractivity contribution in [1.82, 2.24) is 5.32 Å². The minimum Gasteiger partial charge on any atom is -0.496 e. The van der Waals surface area contributed by atoms with Crippen LogP contribution in [0.15, 0.2) is 40.9 Å². The molecular formula is C18H22BrNO. The second-order valence-corrected chi connectivity index (χ2v) is 6.03. The van der Waals surface area contributed by atoms with Crippen LogP contribution in [0.1, 0.15) is 35.2 Å². The number of nitrogens with one attached hydrogen (secondary N) is 1. The molecule has 3 heteroatoms. The second kappa shape index (κ2) is 7.10. The zero-order chi connectivity index (χ0) is 15.4. The summed E-state index contributed by atoms with van der Waals surface area (Å²) in [5, 5.41) is 3.59. The van der Waals surface area contributed by atoms with Crippen LogP contribution in [0.3, 0.4) is 0 Å². The third kappa shape index (κ3) is 3.47. The van der Waals surface area contributed by atoms with Crippen LogP contribution in [0.25, 0.3) is 0 Å². The van der Waals surface area contributed by atoms with Crippen molar-refractivity contribution < 1.29 is 4.74 Å². The van der Waals surface area contributed by atoms with Crippen molar-refractivity contribution in [3.05, 3.63) is 63.1 Å². The first-order valence-corrected chi connectivity index (χ1v) is 8.00. The van der Waals surface area contributed by atoms with E-state index in [1.54, 1.807) is 7.11 Å². The fourth-order valence-corrected chi connectivity index (χ4v) is 3.01. The van der Waals surface area contributed by atoms with Crippen molar-refractivity contribution >= 4 is 15.9 Å². The third-order valence-corrected chi connectivity index (χ3v) is 4.64. The molecule has 0 radical (unpaired) electrons. The van der Waals surface area contributed by atoms with E-state index in [2.05, 4.69) is 72.3 Å². The summed E-state index contributed by atoms with van der Waals surface area (Å²) < 4.78 is 6.51. The van der Waals surface area contributed by atoms with Gasteiger partial charge in [0.1, 0.15) is 5.75 Å². The van der Waals surface area contributed by atoms with E-state index in [1.165, 1.54) is 16.7 Å². The summed E-state index contributed by atoms with van der Waals surface area (Å²) >= 11 is 3.63. The maximum Gasteiger partial charge on any atom is 0.121 e. The lowest BCUT2D eigenvalue weighted by Gasteiger charge is -2.22. The summed E-state index contributed by atoms with van der Waals surface area (Å²) in [4.78, 5) is 0. The molecule has 1 unspecified atom stereocenters. The van der Waals surface area contributed by atoms with E-state index in [0.717, 1.165) is 22.3 Å². The van der Waals surface area contributed by atoms with Crippen molar-refractivity contribution in [3.63, 3.8) is 0 Å². The molecule has 0 fully saturated rings. The van der Waals surface area contributed by atoms with Gasteiger partial charge >= 0.3 is 0 Å². The van der Waals surface area contributed by atoms with Crippen LogP contribution >= 0.6 is 15.9 Å². The molecule has 0 spiro atoms.